The van der Waals surface area contributed by atoms with Crippen LogP contribution in [-0.4, -0.2) is 39.7 Å². The molecule has 1 amide bonds. The van der Waals surface area contributed by atoms with E-state index in [2.05, 4.69) is 5.10 Å². The molecule has 1 unspecified atom stereocenters. The SMILES string of the molecule is Cc1nn(C)cc1C(=O)N1CCCC1CN. The van der Waals surface area contributed by atoms with Crippen molar-refractivity contribution in [2.45, 2.75) is 25.8 Å². The molecule has 1 saturated heterocycles. The van der Waals surface area contributed by atoms with Gasteiger partial charge < -0.3 is 10.6 Å². The summed E-state index contributed by atoms with van der Waals surface area (Å²) in [5, 5.41) is 4.19. The van der Waals surface area contributed by atoms with Gasteiger partial charge in [0, 0.05) is 32.4 Å². The van der Waals surface area contributed by atoms with E-state index in [0.29, 0.717) is 12.1 Å². The van der Waals surface area contributed by atoms with Gasteiger partial charge in [0.25, 0.3) is 5.91 Å². The average Bonchev–Trinajstić information content (AvgIpc) is 2.83. The third kappa shape index (κ3) is 1.82. The van der Waals surface area contributed by atoms with Crippen LogP contribution in [0.3, 0.4) is 0 Å². The first-order valence-corrected chi connectivity index (χ1v) is 5.64. The normalized spacial score (nSPS) is 20.4. The quantitative estimate of drug-likeness (QED) is 0.782. The maximum Gasteiger partial charge on any atom is 0.257 e. The number of aryl methyl sites for hydroxylation is 2. The van der Waals surface area contributed by atoms with Crippen LogP contribution in [0.5, 0.6) is 0 Å². The van der Waals surface area contributed by atoms with E-state index in [0.717, 1.165) is 25.1 Å². The first kappa shape index (κ1) is 11.1. The van der Waals surface area contributed by atoms with E-state index in [1.807, 2.05) is 18.9 Å². The molecule has 0 bridgehead atoms. The van der Waals surface area contributed by atoms with Gasteiger partial charge in [-0.2, -0.15) is 5.10 Å². The predicted molar refractivity (Wildman–Crippen MR) is 61.1 cm³/mol. The number of hydrogen-bond acceptors (Lipinski definition) is 3. The van der Waals surface area contributed by atoms with Crippen LogP contribution in [0.25, 0.3) is 0 Å². The monoisotopic (exact) mass is 222 g/mol. The minimum Gasteiger partial charge on any atom is -0.334 e. The number of hydrogen-bond donors (Lipinski definition) is 1. The van der Waals surface area contributed by atoms with E-state index < -0.39 is 0 Å². The summed E-state index contributed by atoms with van der Waals surface area (Å²) < 4.78 is 1.68. The maximum atomic E-state index is 12.3. The van der Waals surface area contributed by atoms with E-state index in [9.17, 15) is 4.79 Å². The molecule has 0 spiro atoms. The van der Waals surface area contributed by atoms with Crippen molar-refractivity contribution in [2.75, 3.05) is 13.1 Å². The lowest BCUT2D eigenvalue weighted by Gasteiger charge is -2.23. The van der Waals surface area contributed by atoms with Crippen LogP contribution in [0.1, 0.15) is 28.9 Å². The van der Waals surface area contributed by atoms with Gasteiger partial charge in [-0.3, -0.25) is 9.48 Å². The number of nitrogens with zero attached hydrogens (tertiary/aromatic N) is 3. The van der Waals surface area contributed by atoms with Gasteiger partial charge in [0.1, 0.15) is 0 Å². The number of nitrogens with two attached hydrogens (primary N) is 1. The Morgan fingerprint density at radius 2 is 2.44 bits per heavy atom. The minimum absolute atomic E-state index is 0.0681. The summed E-state index contributed by atoms with van der Waals surface area (Å²) in [4.78, 5) is 14.1. The van der Waals surface area contributed by atoms with Crippen LogP contribution < -0.4 is 5.73 Å². The van der Waals surface area contributed by atoms with Crippen molar-refractivity contribution in [2.24, 2.45) is 12.8 Å². The van der Waals surface area contributed by atoms with Crippen molar-refractivity contribution >= 4 is 5.91 Å². The van der Waals surface area contributed by atoms with Crippen molar-refractivity contribution < 1.29 is 4.79 Å². The lowest BCUT2D eigenvalue weighted by Crippen LogP contribution is -2.40. The van der Waals surface area contributed by atoms with Crippen molar-refractivity contribution in [3.05, 3.63) is 17.5 Å². The zero-order chi connectivity index (χ0) is 11.7. The molecule has 5 nitrogen and oxygen atoms in total. The summed E-state index contributed by atoms with van der Waals surface area (Å²) >= 11 is 0. The number of carbonyl (C=O) groups is 1. The maximum absolute atomic E-state index is 12.3. The fourth-order valence-corrected chi connectivity index (χ4v) is 2.31. The fourth-order valence-electron chi connectivity index (χ4n) is 2.31. The molecule has 1 aliphatic rings. The van der Waals surface area contributed by atoms with Gasteiger partial charge in [0.05, 0.1) is 11.3 Å². The van der Waals surface area contributed by atoms with E-state index in [-0.39, 0.29) is 11.9 Å². The van der Waals surface area contributed by atoms with Crippen LogP contribution in [0.15, 0.2) is 6.20 Å². The Labute approximate surface area is 95.2 Å². The average molecular weight is 222 g/mol. The molecule has 1 aromatic rings. The van der Waals surface area contributed by atoms with Crippen molar-refractivity contribution in [1.82, 2.24) is 14.7 Å². The van der Waals surface area contributed by atoms with Gasteiger partial charge in [0.15, 0.2) is 0 Å². The van der Waals surface area contributed by atoms with Gasteiger partial charge in [-0.05, 0) is 19.8 Å². The van der Waals surface area contributed by atoms with Crippen LogP contribution >= 0.6 is 0 Å². The van der Waals surface area contributed by atoms with Crippen molar-refractivity contribution in [1.29, 1.82) is 0 Å². The zero-order valence-corrected chi connectivity index (χ0v) is 9.81. The molecule has 1 atom stereocenters. The van der Waals surface area contributed by atoms with E-state index in [4.69, 9.17) is 5.73 Å². The Kier molecular flexibility index (Phi) is 2.96. The lowest BCUT2D eigenvalue weighted by molar-refractivity contribution is 0.0740. The third-order valence-electron chi connectivity index (χ3n) is 3.15. The van der Waals surface area contributed by atoms with E-state index in [1.54, 1.807) is 10.9 Å². The fraction of sp³-hybridized carbons (Fsp3) is 0.636. The summed E-state index contributed by atoms with van der Waals surface area (Å²) in [7, 11) is 1.83. The highest BCUT2D eigenvalue weighted by Crippen LogP contribution is 2.20. The Hall–Kier alpha value is -1.36. The molecule has 2 N–H and O–H groups in total. The Morgan fingerprint density at radius 1 is 1.69 bits per heavy atom. The summed E-state index contributed by atoms with van der Waals surface area (Å²) in [5.41, 5.74) is 7.15. The molecule has 0 aliphatic carbocycles. The summed E-state index contributed by atoms with van der Waals surface area (Å²) in [6.07, 6.45) is 3.85. The Balaban J connectivity index is 2.21. The van der Waals surface area contributed by atoms with Gasteiger partial charge in [-0.15, -0.1) is 0 Å². The molecular formula is C11H18N4O. The highest BCUT2D eigenvalue weighted by molar-refractivity contribution is 5.95. The topological polar surface area (TPSA) is 64.2 Å². The second-order valence-corrected chi connectivity index (χ2v) is 4.33. The van der Waals surface area contributed by atoms with Crippen LogP contribution in [0.2, 0.25) is 0 Å². The molecule has 1 fully saturated rings. The number of carbonyl (C=O) groups excluding carboxylic acids is 1. The standard InChI is InChI=1S/C11H18N4O/c1-8-10(7-14(2)13-8)11(16)15-5-3-4-9(15)6-12/h7,9H,3-6,12H2,1-2H3. The molecule has 88 valence electrons. The van der Waals surface area contributed by atoms with Crippen molar-refractivity contribution in [3.63, 3.8) is 0 Å². The zero-order valence-electron chi connectivity index (χ0n) is 9.81. The van der Waals surface area contributed by atoms with Gasteiger partial charge >= 0.3 is 0 Å². The first-order valence-electron chi connectivity index (χ1n) is 5.64. The molecule has 1 aliphatic heterocycles. The molecule has 5 heteroatoms. The Bertz CT molecular complexity index is 399. The smallest absolute Gasteiger partial charge is 0.257 e. The molecule has 0 radical (unpaired) electrons. The molecule has 2 rings (SSSR count). The summed E-state index contributed by atoms with van der Waals surface area (Å²) in [6, 6.07) is 0.201. The number of rotatable bonds is 2. The first-order chi connectivity index (χ1) is 7.63. The highest BCUT2D eigenvalue weighted by atomic mass is 16.2. The van der Waals surface area contributed by atoms with Gasteiger partial charge in [-0.25, -0.2) is 0 Å². The minimum atomic E-state index is 0.0681. The molecule has 2 heterocycles. The molecule has 0 saturated carbocycles. The van der Waals surface area contributed by atoms with Crippen LogP contribution in [-0.2, 0) is 7.05 Å². The van der Waals surface area contributed by atoms with Crippen molar-refractivity contribution in [3.8, 4) is 0 Å². The molecule has 0 aromatic carbocycles. The molecule has 1 aromatic heterocycles. The second-order valence-electron chi connectivity index (χ2n) is 4.33. The van der Waals surface area contributed by atoms with Gasteiger partial charge in [0.2, 0.25) is 0 Å². The van der Waals surface area contributed by atoms with Gasteiger partial charge in [-0.1, -0.05) is 0 Å². The molecule has 16 heavy (non-hydrogen) atoms. The number of aromatic nitrogens is 2. The second kappa shape index (κ2) is 4.25. The molecular weight excluding hydrogens is 204 g/mol. The predicted octanol–water partition coefficient (Wildman–Crippen LogP) is 0.292. The Morgan fingerprint density at radius 3 is 3.00 bits per heavy atom. The van der Waals surface area contributed by atoms with Crippen LogP contribution in [0, 0.1) is 6.92 Å². The van der Waals surface area contributed by atoms with E-state index >= 15 is 0 Å². The lowest BCUT2D eigenvalue weighted by atomic mass is 10.2. The highest BCUT2D eigenvalue weighted by Gasteiger charge is 2.29. The van der Waals surface area contributed by atoms with E-state index in [1.165, 1.54) is 0 Å². The summed E-state index contributed by atoms with van der Waals surface area (Å²) in [5.74, 6) is 0.0681. The number of amides is 1. The largest absolute Gasteiger partial charge is 0.334 e. The van der Waals surface area contributed by atoms with Crippen LogP contribution in [0.4, 0.5) is 0 Å². The number of likely N-dealkylation sites (tertiary alicyclic amines) is 1. The third-order valence-corrected chi connectivity index (χ3v) is 3.15. The summed E-state index contributed by atoms with van der Waals surface area (Å²) in [6.45, 7) is 3.22.